The van der Waals surface area contributed by atoms with Gasteiger partial charge in [-0.3, -0.25) is 4.79 Å². The second kappa shape index (κ2) is 6.12. The molecule has 1 unspecified atom stereocenters. The zero-order valence-electron chi connectivity index (χ0n) is 7.00. The van der Waals surface area contributed by atoms with E-state index in [2.05, 4.69) is 4.74 Å². The van der Waals surface area contributed by atoms with Crippen LogP contribution in [0.25, 0.3) is 0 Å². The fourth-order valence-electron chi connectivity index (χ4n) is 0.612. The first-order chi connectivity index (χ1) is 5.22. The van der Waals surface area contributed by atoms with Crippen molar-refractivity contribution in [2.24, 2.45) is 5.73 Å². The summed E-state index contributed by atoms with van der Waals surface area (Å²) in [6, 6.07) is -0.546. The van der Waals surface area contributed by atoms with Gasteiger partial charge in [0, 0.05) is 13.7 Å². The van der Waals surface area contributed by atoms with Gasteiger partial charge in [0.2, 0.25) is 0 Å². The van der Waals surface area contributed by atoms with Gasteiger partial charge in [-0.05, 0) is 13.3 Å². The largest absolute Gasteiger partial charge is 0.465 e. The number of rotatable bonds is 5. The Morgan fingerprint density at radius 2 is 2.27 bits per heavy atom. The van der Waals surface area contributed by atoms with Gasteiger partial charge in [-0.25, -0.2) is 0 Å². The van der Waals surface area contributed by atoms with Crippen LogP contribution in [-0.2, 0) is 14.3 Å². The second-order valence-corrected chi connectivity index (χ2v) is 2.14. The van der Waals surface area contributed by atoms with Crippen molar-refractivity contribution in [1.29, 1.82) is 0 Å². The highest BCUT2D eigenvalue weighted by Gasteiger charge is 2.12. The Kier molecular flexibility index (Phi) is 5.78. The standard InChI is InChI=1S/C7H15NO3/c1-3-11-7(9)6(8)4-5-10-2/h6H,3-5,8H2,1-2H3. The minimum atomic E-state index is -0.546. The molecule has 2 N–H and O–H groups in total. The summed E-state index contributed by atoms with van der Waals surface area (Å²) in [6.07, 6.45) is 0.509. The van der Waals surface area contributed by atoms with Gasteiger partial charge in [-0.15, -0.1) is 0 Å². The molecule has 0 saturated heterocycles. The summed E-state index contributed by atoms with van der Waals surface area (Å²) in [7, 11) is 1.57. The number of hydrogen-bond donors (Lipinski definition) is 1. The Morgan fingerprint density at radius 1 is 1.64 bits per heavy atom. The first-order valence-corrected chi connectivity index (χ1v) is 3.63. The van der Waals surface area contributed by atoms with E-state index in [0.29, 0.717) is 19.6 Å². The number of carbonyl (C=O) groups excluding carboxylic acids is 1. The van der Waals surface area contributed by atoms with Crippen molar-refractivity contribution < 1.29 is 14.3 Å². The monoisotopic (exact) mass is 161 g/mol. The molecule has 0 spiro atoms. The van der Waals surface area contributed by atoms with Crippen molar-refractivity contribution in [2.75, 3.05) is 20.3 Å². The maximum atomic E-state index is 10.8. The molecule has 0 aliphatic carbocycles. The van der Waals surface area contributed by atoms with Crippen molar-refractivity contribution in [3.63, 3.8) is 0 Å². The minimum Gasteiger partial charge on any atom is -0.465 e. The van der Waals surface area contributed by atoms with Crippen LogP contribution in [0.3, 0.4) is 0 Å². The molecule has 4 nitrogen and oxygen atoms in total. The van der Waals surface area contributed by atoms with Crippen molar-refractivity contribution >= 4 is 5.97 Å². The van der Waals surface area contributed by atoms with Crippen LogP contribution in [0.1, 0.15) is 13.3 Å². The number of hydrogen-bond acceptors (Lipinski definition) is 4. The second-order valence-electron chi connectivity index (χ2n) is 2.14. The van der Waals surface area contributed by atoms with Crippen molar-refractivity contribution in [3.8, 4) is 0 Å². The van der Waals surface area contributed by atoms with E-state index in [0.717, 1.165) is 0 Å². The molecule has 0 saturated carbocycles. The summed E-state index contributed by atoms with van der Waals surface area (Å²) in [6.45, 7) is 2.61. The van der Waals surface area contributed by atoms with Gasteiger partial charge >= 0.3 is 5.97 Å². The van der Waals surface area contributed by atoms with E-state index in [-0.39, 0.29) is 5.97 Å². The van der Waals surface area contributed by atoms with E-state index >= 15 is 0 Å². The zero-order chi connectivity index (χ0) is 8.69. The molecule has 11 heavy (non-hydrogen) atoms. The van der Waals surface area contributed by atoms with Crippen molar-refractivity contribution in [3.05, 3.63) is 0 Å². The van der Waals surface area contributed by atoms with Crippen molar-refractivity contribution in [2.45, 2.75) is 19.4 Å². The summed E-state index contributed by atoms with van der Waals surface area (Å²) in [5.41, 5.74) is 5.43. The van der Waals surface area contributed by atoms with Gasteiger partial charge in [-0.2, -0.15) is 0 Å². The molecule has 0 rings (SSSR count). The lowest BCUT2D eigenvalue weighted by Crippen LogP contribution is -2.33. The molecular formula is C7H15NO3. The van der Waals surface area contributed by atoms with Gasteiger partial charge in [0.15, 0.2) is 0 Å². The summed E-state index contributed by atoms with van der Waals surface area (Å²) in [4.78, 5) is 10.8. The molecule has 0 fully saturated rings. The lowest BCUT2D eigenvalue weighted by Gasteiger charge is -2.08. The van der Waals surface area contributed by atoms with E-state index in [1.165, 1.54) is 0 Å². The molecule has 0 aromatic rings. The van der Waals surface area contributed by atoms with E-state index in [9.17, 15) is 4.79 Å². The SMILES string of the molecule is CCOC(=O)C(N)CCOC. The molecule has 0 aromatic carbocycles. The summed E-state index contributed by atoms with van der Waals surface area (Å²) in [5.74, 6) is -0.357. The van der Waals surface area contributed by atoms with Crippen LogP contribution in [-0.4, -0.2) is 32.3 Å². The highest BCUT2D eigenvalue weighted by Crippen LogP contribution is 1.91. The third-order valence-electron chi connectivity index (χ3n) is 1.22. The van der Waals surface area contributed by atoms with Crippen LogP contribution in [0.2, 0.25) is 0 Å². The van der Waals surface area contributed by atoms with Crippen LogP contribution in [0.4, 0.5) is 0 Å². The van der Waals surface area contributed by atoms with Crippen LogP contribution in [0.15, 0.2) is 0 Å². The van der Waals surface area contributed by atoms with Crippen LogP contribution in [0, 0.1) is 0 Å². The van der Waals surface area contributed by atoms with Gasteiger partial charge in [0.25, 0.3) is 0 Å². The predicted octanol–water partition coefficient (Wildman–Crippen LogP) is -0.0867. The highest BCUT2D eigenvalue weighted by molar-refractivity contribution is 5.75. The normalized spacial score (nSPS) is 12.6. The molecule has 0 aromatic heterocycles. The Hall–Kier alpha value is -0.610. The van der Waals surface area contributed by atoms with E-state index in [4.69, 9.17) is 10.5 Å². The molecule has 1 atom stereocenters. The van der Waals surface area contributed by atoms with Gasteiger partial charge in [-0.1, -0.05) is 0 Å². The maximum absolute atomic E-state index is 10.8. The van der Waals surface area contributed by atoms with Crippen molar-refractivity contribution in [1.82, 2.24) is 0 Å². The smallest absolute Gasteiger partial charge is 0.322 e. The first kappa shape index (κ1) is 10.4. The van der Waals surface area contributed by atoms with Gasteiger partial charge < -0.3 is 15.2 Å². The third-order valence-corrected chi connectivity index (χ3v) is 1.22. The molecule has 4 heteroatoms. The molecule has 0 radical (unpaired) electrons. The quantitative estimate of drug-likeness (QED) is 0.572. The molecule has 66 valence electrons. The topological polar surface area (TPSA) is 61.5 Å². The molecular weight excluding hydrogens is 146 g/mol. The fourth-order valence-corrected chi connectivity index (χ4v) is 0.612. The first-order valence-electron chi connectivity index (χ1n) is 3.63. The summed E-state index contributed by atoms with van der Waals surface area (Å²) in [5, 5.41) is 0. The zero-order valence-corrected chi connectivity index (χ0v) is 7.00. The van der Waals surface area contributed by atoms with Gasteiger partial charge in [0.05, 0.1) is 6.61 Å². The predicted molar refractivity (Wildman–Crippen MR) is 41.1 cm³/mol. The Labute approximate surface area is 66.7 Å². The summed E-state index contributed by atoms with van der Waals surface area (Å²) >= 11 is 0. The molecule has 0 heterocycles. The van der Waals surface area contributed by atoms with E-state index in [1.54, 1.807) is 14.0 Å². The molecule has 0 bridgehead atoms. The molecule has 0 aliphatic rings. The van der Waals surface area contributed by atoms with Crippen LogP contribution >= 0.6 is 0 Å². The summed E-state index contributed by atoms with van der Waals surface area (Å²) < 4.78 is 9.43. The number of methoxy groups -OCH3 is 1. The van der Waals surface area contributed by atoms with E-state index < -0.39 is 6.04 Å². The average molecular weight is 161 g/mol. The lowest BCUT2D eigenvalue weighted by molar-refractivity contribution is -0.145. The number of ether oxygens (including phenoxy) is 2. The third kappa shape index (κ3) is 4.75. The fraction of sp³-hybridized carbons (Fsp3) is 0.857. The molecule has 0 aliphatic heterocycles. The van der Waals surface area contributed by atoms with E-state index in [1.807, 2.05) is 0 Å². The van der Waals surface area contributed by atoms with Gasteiger partial charge in [0.1, 0.15) is 6.04 Å². The van der Waals surface area contributed by atoms with Crippen LogP contribution in [0.5, 0.6) is 0 Å². The number of nitrogens with two attached hydrogens (primary N) is 1. The number of carbonyl (C=O) groups is 1. The Bertz CT molecular complexity index is 116. The minimum absolute atomic E-state index is 0.357. The maximum Gasteiger partial charge on any atom is 0.322 e. The number of esters is 1. The highest BCUT2D eigenvalue weighted by atomic mass is 16.5. The lowest BCUT2D eigenvalue weighted by atomic mass is 10.2. The van der Waals surface area contributed by atoms with Crippen LogP contribution < -0.4 is 5.73 Å². The Balaban J connectivity index is 3.46. The average Bonchev–Trinajstić information content (AvgIpc) is 2.00. The Morgan fingerprint density at radius 3 is 2.73 bits per heavy atom. The molecule has 0 amide bonds.